The number of aliphatic hydroxyl groups is 8. The van der Waals surface area contributed by atoms with Gasteiger partial charge in [0.15, 0.2) is 12.6 Å². The van der Waals surface area contributed by atoms with E-state index >= 15 is 0 Å². The molecule has 0 aliphatic carbocycles. The molecule has 0 radical (unpaired) electrons. The van der Waals surface area contributed by atoms with E-state index in [2.05, 4.69) is 92.1 Å². The summed E-state index contributed by atoms with van der Waals surface area (Å²) < 4.78 is 22.9. The first-order chi connectivity index (χ1) is 39.6. The van der Waals surface area contributed by atoms with Gasteiger partial charge >= 0.3 is 0 Å². The average molecular weight is 1150 g/mol. The fourth-order valence-electron chi connectivity index (χ4n) is 10.5. The molecule has 2 saturated heterocycles. The van der Waals surface area contributed by atoms with E-state index < -0.39 is 86.8 Å². The molecule has 470 valence electrons. The zero-order valence-corrected chi connectivity index (χ0v) is 50.8. The third kappa shape index (κ3) is 36.8. The number of nitrogens with one attached hydrogen (secondary N) is 1. The van der Waals surface area contributed by atoms with Crippen LogP contribution in [0.2, 0.25) is 0 Å². The van der Waals surface area contributed by atoms with Crippen LogP contribution in [0.4, 0.5) is 0 Å². The van der Waals surface area contributed by atoms with Crippen molar-refractivity contribution in [1.29, 1.82) is 0 Å². The third-order valence-electron chi connectivity index (χ3n) is 15.7. The number of aliphatic hydroxyl groups excluding tert-OH is 8. The van der Waals surface area contributed by atoms with Gasteiger partial charge in [0.05, 0.1) is 32.0 Å². The van der Waals surface area contributed by atoms with E-state index in [-0.39, 0.29) is 12.5 Å². The lowest BCUT2D eigenvalue weighted by atomic mass is 9.97. The zero-order chi connectivity index (χ0) is 58.8. The Kier molecular flexibility index (Phi) is 47.7. The predicted octanol–water partition coefficient (Wildman–Crippen LogP) is 12.3. The van der Waals surface area contributed by atoms with Gasteiger partial charge in [-0.25, -0.2) is 0 Å². The molecule has 81 heavy (non-hydrogen) atoms. The number of ether oxygens (including phenoxy) is 4. The lowest BCUT2D eigenvalue weighted by molar-refractivity contribution is -0.359. The van der Waals surface area contributed by atoms with E-state index in [9.17, 15) is 45.6 Å². The van der Waals surface area contributed by atoms with Gasteiger partial charge in [-0.3, -0.25) is 4.79 Å². The second-order valence-electron chi connectivity index (χ2n) is 22.9. The van der Waals surface area contributed by atoms with Gasteiger partial charge in [0.25, 0.3) is 0 Å². The van der Waals surface area contributed by atoms with Crippen LogP contribution in [-0.4, -0.2) is 140 Å². The molecular weight excluding hydrogens is 1030 g/mol. The summed E-state index contributed by atoms with van der Waals surface area (Å²) in [6.45, 7) is 2.76. The molecule has 2 fully saturated rings. The van der Waals surface area contributed by atoms with Crippen molar-refractivity contribution in [1.82, 2.24) is 5.32 Å². The molecule has 2 rings (SSSR count). The first-order valence-electron chi connectivity index (χ1n) is 32.7. The van der Waals surface area contributed by atoms with Crippen molar-refractivity contribution in [2.24, 2.45) is 0 Å². The molecule has 0 spiro atoms. The molecule has 2 aliphatic rings. The summed E-state index contributed by atoms with van der Waals surface area (Å²) in [4.78, 5) is 13.3. The molecule has 0 aromatic carbocycles. The second-order valence-corrected chi connectivity index (χ2v) is 22.9. The molecule has 14 nitrogen and oxygen atoms in total. The van der Waals surface area contributed by atoms with E-state index in [4.69, 9.17) is 18.9 Å². The van der Waals surface area contributed by atoms with Crippen LogP contribution in [0.15, 0.2) is 72.9 Å². The van der Waals surface area contributed by atoms with E-state index in [0.29, 0.717) is 19.3 Å². The van der Waals surface area contributed by atoms with E-state index in [1.54, 1.807) is 0 Å². The number of amides is 1. The normalized spacial score (nSPS) is 24.6. The Morgan fingerprint density at radius 1 is 0.457 bits per heavy atom. The van der Waals surface area contributed by atoms with Crippen LogP contribution < -0.4 is 5.32 Å². The van der Waals surface area contributed by atoms with Gasteiger partial charge in [-0.15, -0.1) is 0 Å². The van der Waals surface area contributed by atoms with Gasteiger partial charge in [0.1, 0.15) is 48.8 Å². The molecule has 12 unspecified atom stereocenters. The zero-order valence-electron chi connectivity index (χ0n) is 50.8. The standard InChI is InChI=1S/C67H119NO13/c1-3-5-7-9-11-13-15-17-19-21-23-24-25-26-27-28-29-30-31-32-33-35-37-39-41-43-45-47-49-51-59(72)68-55(56(71)50-48-46-44-42-40-38-36-34-22-20-18-16-14-12-10-8-6-4-2)54-78-66-64(77)62(75)65(58(53-70)80-66)81-67-63(76)61(74)60(73)57(52-69)79-67/h5,7,11,13,17,19,23-24,26-27,29-30,55-58,60-67,69-71,73-77H,3-4,6,8-10,12,14-16,18,20-22,25,28,31-54H2,1-2H3,(H,68,72)/b7-5-,13-11-,19-17-,24-23-,27-26-,30-29-. The first-order valence-corrected chi connectivity index (χ1v) is 32.7. The van der Waals surface area contributed by atoms with Crippen LogP contribution in [0.25, 0.3) is 0 Å². The Hall–Kier alpha value is -2.57. The fourth-order valence-corrected chi connectivity index (χ4v) is 10.5. The van der Waals surface area contributed by atoms with Gasteiger partial charge in [-0.1, -0.05) is 254 Å². The van der Waals surface area contributed by atoms with Crippen molar-refractivity contribution in [3.05, 3.63) is 72.9 Å². The van der Waals surface area contributed by atoms with Crippen molar-refractivity contribution in [2.45, 2.75) is 325 Å². The molecule has 1 amide bonds. The third-order valence-corrected chi connectivity index (χ3v) is 15.7. The summed E-state index contributed by atoms with van der Waals surface area (Å²) in [6, 6.07) is -0.836. The highest BCUT2D eigenvalue weighted by Crippen LogP contribution is 2.30. The molecule has 14 heteroatoms. The number of hydrogen-bond acceptors (Lipinski definition) is 13. The molecule has 0 aromatic rings. The Labute approximate surface area is 491 Å². The minimum Gasteiger partial charge on any atom is -0.394 e. The molecule has 2 heterocycles. The highest BCUT2D eigenvalue weighted by atomic mass is 16.7. The number of unbranched alkanes of at least 4 members (excludes halogenated alkanes) is 27. The Balaban J connectivity index is 1.70. The first kappa shape index (κ1) is 74.5. The van der Waals surface area contributed by atoms with Crippen LogP contribution in [0, 0.1) is 0 Å². The van der Waals surface area contributed by atoms with Gasteiger partial charge in [-0.2, -0.15) is 0 Å². The topological polar surface area (TPSA) is 228 Å². The minimum atomic E-state index is -1.79. The van der Waals surface area contributed by atoms with Crippen molar-refractivity contribution < 1.29 is 64.6 Å². The maximum Gasteiger partial charge on any atom is 0.220 e. The monoisotopic (exact) mass is 1150 g/mol. The van der Waals surface area contributed by atoms with Gasteiger partial charge in [0, 0.05) is 6.42 Å². The van der Waals surface area contributed by atoms with Crippen LogP contribution in [0.3, 0.4) is 0 Å². The average Bonchev–Trinajstić information content (AvgIpc) is 3.47. The number of carbonyl (C=O) groups excluding carboxylic acids is 1. The molecule has 0 aromatic heterocycles. The van der Waals surface area contributed by atoms with Gasteiger partial charge in [-0.05, 0) is 64.2 Å². The second kappa shape index (κ2) is 51.8. The molecule has 0 saturated carbocycles. The highest BCUT2D eigenvalue weighted by molar-refractivity contribution is 5.76. The number of rotatable bonds is 52. The largest absolute Gasteiger partial charge is 0.394 e. The summed E-state index contributed by atoms with van der Waals surface area (Å²) in [6.07, 6.45) is 51.8. The Bertz CT molecular complexity index is 1630. The van der Waals surface area contributed by atoms with E-state index in [1.165, 1.54) is 128 Å². The lowest BCUT2D eigenvalue weighted by Crippen LogP contribution is -2.65. The highest BCUT2D eigenvalue weighted by Gasteiger charge is 2.51. The maximum atomic E-state index is 13.3. The van der Waals surface area contributed by atoms with Crippen LogP contribution in [0.5, 0.6) is 0 Å². The van der Waals surface area contributed by atoms with Crippen molar-refractivity contribution >= 4 is 5.91 Å². The molecule has 0 bridgehead atoms. The summed E-state index contributed by atoms with van der Waals surface area (Å²) >= 11 is 0. The summed E-state index contributed by atoms with van der Waals surface area (Å²) in [5.41, 5.74) is 0. The van der Waals surface area contributed by atoms with Crippen LogP contribution >= 0.6 is 0 Å². The summed E-state index contributed by atoms with van der Waals surface area (Å²) in [5, 5.41) is 87.5. The molecule has 12 atom stereocenters. The van der Waals surface area contributed by atoms with Crippen molar-refractivity contribution in [3.8, 4) is 0 Å². The number of hydrogen-bond donors (Lipinski definition) is 9. The minimum absolute atomic E-state index is 0.212. The summed E-state index contributed by atoms with van der Waals surface area (Å²) in [5.74, 6) is -0.212. The molecular formula is C67H119NO13. The van der Waals surface area contributed by atoms with Crippen LogP contribution in [-0.2, 0) is 23.7 Å². The van der Waals surface area contributed by atoms with Crippen molar-refractivity contribution in [2.75, 3.05) is 19.8 Å². The van der Waals surface area contributed by atoms with Crippen molar-refractivity contribution in [3.63, 3.8) is 0 Å². The Morgan fingerprint density at radius 2 is 0.852 bits per heavy atom. The van der Waals surface area contributed by atoms with Gasteiger partial charge < -0.3 is 65.1 Å². The van der Waals surface area contributed by atoms with E-state index in [1.807, 2.05) is 0 Å². The number of carbonyl (C=O) groups is 1. The SMILES string of the molecule is CC/C=C\C/C=C\C/C=C\C/C=C\C/C=C\C/C=C\CCCCCCCCCCCCC(=O)NC(COC1OC(CO)C(OC2OC(CO)C(O)C(O)C2O)C(O)C1O)C(O)CCCCCCCCCCCCCCCCCCCC. The lowest BCUT2D eigenvalue weighted by Gasteiger charge is -2.46. The summed E-state index contributed by atoms with van der Waals surface area (Å²) in [7, 11) is 0. The quantitative estimate of drug-likeness (QED) is 0.0204. The smallest absolute Gasteiger partial charge is 0.220 e. The molecule has 9 N–H and O–H groups in total. The van der Waals surface area contributed by atoms with Crippen LogP contribution in [0.1, 0.15) is 251 Å². The van der Waals surface area contributed by atoms with Gasteiger partial charge in [0.2, 0.25) is 5.91 Å². The molecule has 2 aliphatic heterocycles. The predicted molar refractivity (Wildman–Crippen MR) is 327 cm³/mol. The number of allylic oxidation sites excluding steroid dienone is 12. The fraction of sp³-hybridized carbons (Fsp3) is 0.806. The van der Waals surface area contributed by atoms with E-state index in [0.717, 1.165) is 89.9 Å². The Morgan fingerprint density at radius 3 is 1.31 bits per heavy atom. The maximum absolute atomic E-state index is 13.3.